The van der Waals surface area contributed by atoms with E-state index in [2.05, 4.69) is 33.1 Å². The third kappa shape index (κ3) is 5.39. The van der Waals surface area contributed by atoms with Crippen LogP contribution in [0.5, 0.6) is 5.75 Å². The van der Waals surface area contributed by atoms with E-state index in [1.165, 1.54) is 24.8 Å². The number of carbonyl (C=O) groups excluding carboxylic acids is 1. The van der Waals surface area contributed by atoms with E-state index >= 15 is 4.39 Å². The minimum atomic E-state index is -0.491. The number of nitrogens with one attached hydrogen (secondary N) is 1. The molecule has 8 rings (SSSR count). The van der Waals surface area contributed by atoms with Crippen molar-refractivity contribution in [3.8, 4) is 5.75 Å². The smallest absolute Gasteiger partial charge is 0.275 e. The molecule has 10 heteroatoms. The van der Waals surface area contributed by atoms with Crippen LogP contribution in [0, 0.1) is 17.7 Å². The van der Waals surface area contributed by atoms with Crippen molar-refractivity contribution in [1.82, 2.24) is 24.8 Å². The van der Waals surface area contributed by atoms with Crippen LogP contribution in [-0.2, 0) is 4.74 Å². The van der Waals surface area contributed by atoms with Gasteiger partial charge in [0.15, 0.2) is 28.7 Å². The lowest BCUT2D eigenvalue weighted by atomic mass is 9.97. The highest BCUT2D eigenvalue weighted by Crippen LogP contribution is 2.55. The first-order valence-electron chi connectivity index (χ1n) is 16.8. The molecule has 4 fully saturated rings. The molecule has 5 aliphatic rings. The summed E-state index contributed by atoms with van der Waals surface area (Å²) in [4.78, 5) is 25.6. The quantitative estimate of drug-likeness (QED) is 0.314. The summed E-state index contributed by atoms with van der Waals surface area (Å²) < 4.78 is 35.2. The van der Waals surface area contributed by atoms with E-state index in [9.17, 15) is 4.79 Å². The molecule has 1 N–H and O–H groups in total. The van der Waals surface area contributed by atoms with Crippen molar-refractivity contribution in [2.24, 2.45) is 11.8 Å². The van der Waals surface area contributed by atoms with Gasteiger partial charge in [0.25, 0.3) is 5.91 Å². The highest BCUT2D eigenvalue weighted by Gasteiger charge is 2.56. The molecule has 0 bridgehead atoms. The van der Waals surface area contributed by atoms with E-state index < -0.39 is 5.82 Å². The maximum Gasteiger partial charge on any atom is 0.275 e. The summed E-state index contributed by atoms with van der Waals surface area (Å²) in [6.07, 6.45) is 17.8. The number of oxazole rings is 1. The Morgan fingerprint density at radius 2 is 2.09 bits per heavy atom. The maximum absolute atomic E-state index is 15.3. The molecule has 0 spiro atoms. The van der Waals surface area contributed by atoms with Crippen LogP contribution in [0.1, 0.15) is 91.8 Å². The first kappa shape index (κ1) is 28.9. The fourth-order valence-corrected chi connectivity index (χ4v) is 8.00. The van der Waals surface area contributed by atoms with E-state index in [-0.39, 0.29) is 42.0 Å². The Hall–Kier alpha value is -3.50. The number of piperazine rings is 1. The van der Waals surface area contributed by atoms with Crippen molar-refractivity contribution in [3.63, 3.8) is 0 Å². The van der Waals surface area contributed by atoms with Gasteiger partial charge in [0.2, 0.25) is 0 Å². The van der Waals surface area contributed by atoms with Gasteiger partial charge in [-0.1, -0.05) is 31.1 Å². The molecule has 1 aromatic carbocycles. The normalized spacial score (nSPS) is 28.1. The second kappa shape index (κ2) is 12.0. The molecule has 3 heterocycles. The number of carbonyl (C=O) groups is 1. The number of imidazole rings is 1. The van der Waals surface area contributed by atoms with E-state index in [1.807, 2.05) is 18.3 Å². The lowest BCUT2D eigenvalue weighted by molar-refractivity contribution is 0.0599. The summed E-state index contributed by atoms with van der Waals surface area (Å²) in [6, 6.07) is 3.51. The number of halogens is 1. The summed E-state index contributed by atoms with van der Waals surface area (Å²) >= 11 is 0. The van der Waals surface area contributed by atoms with E-state index in [0.29, 0.717) is 61.0 Å². The van der Waals surface area contributed by atoms with E-state index in [0.717, 1.165) is 37.8 Å². The third-order valence-corrected chi connectivity index (χ3v) is 10.6. The topological polar surface area (TPSA) is 94.7 Å². The second-order valence-electron chi connectivity index (χ2n) is 13.3. The monoisotopic (exact) mass is 615 g/mol. The van der Waals surface area contributed by atoms with Crippen LogP contribution in [0.15, 0.2) is 41.1 Å². The molecule has 1 saturated heterocycles. The zero-order valence-electron chi connectivity index (χ0n) is 25.9. The van der Waals surface area contributed by atoms with Crippen molar-refractivity contribution >= 4 is 22.6 Å². The standard InChI is InChI=1S/C35H42FN5O4/c1-43-33-24-9-5-6-10-25(28(24)33)41-20-38-31(32(41)21-7-3-2-4-8-21)35(42)40-17-16-37-19-23(40)15-18-44-26-13-14-27-30(29(26)36)39-34(45-27)22-11-12-22/h2-3,7,13-14,20,22-25,28,33,37H,4-6,8-12,15-19H2,1H3/t23-,24?,25-,28-,33-/m1/s1. The average molecular weight is 616 g/mol. The first-order valence-corrected chi connectivity index (χ1v) is 16.8. The van der Waals surface area contributed by atoms with Gasteiger partial charge in [-0.05, 0) is 62.1 Å². The van der Waals surface area contributed by atoms with Crippen molar-refractivity contribution in [2.45, 2.75) is 81.9 Å². The number of benzene rings is 1. The maximum atomic E-state index is 15.3. The molecule has 0 radical (unpaired) electrons. The summed E-state index contributed by atoms with van der Waals surface area (Å²) in [5.74, 6) is 1.60. The number of allylic oxidation sites excluding steroid dienone is 4. The highest BCUT2D eigenvalue weighted by molar-refractivity contribution is 5.97. The van der Waals surface area contributed by atoms with Crippen LogP contribution < -0.4 is 10.1 Å². The molecule has 2 aromatic heterocycles. The number of hydrogen-bond donors (Lipinski definition) is 1. The van der Waals surface area contributed by atoms with Gasteiger partial charge in [-0.2, -0.15) is 0 Å². The molecule has 45 heavy (non-hydrogen) atoms. The molecule has 3 saturated carbocycles. The summed E-state index contributed by atoms with van der Waals surface area (Å²) in [6.45, 7) is 2.21. The lowest BCUT2D eigenvalue weighted by Crippen LogP contribution is -2.54. The third-order valence-electron chi connectivity index (χ3n) is 10.6. The Balaban J connectivity index is 1.02. The van der Waals surface area contributed by atoms with Crippen molar-refractivity contribution in [2.75, 3.05) is 33.4 Å². The average Bonchev–Trinajstić information content (AvgIpc) is 3.96. The van der Waals surface area contributed by atoms with E-state index in [4.69, 9.17) is 18.9 Å². The Morgan fingerprint density at radius 3 is 2.91 bits per heavy atom. The first-order chi connectivity index (χ1) is 22.1. The van der Waals surface area contributed by atoms with Gasteiger partial charge < -0.3 is 28.7 Å². The number of rotatable bonds is 9. The molecule has 3 aromatic rings. The number of fused-ring (bicyclic) bond motifs is 2. The number of methoxy groups -OCH3 is 1. The van der Waals surface area contributed by atoms with Gasteiger partial charge in [0, 0.05) is 57.1 Å². The van der Waals surface area contributed by atoms with Gasteiger partial charge in [-0.25, -0.2) is 14.4 Å². The van der Waals surface area contributed by atoms with E-state index in [1.54, 1.807) is 12.1 Å². The zero-order valence-corrected chi connectivity index (χ0v) is 25.9. The van der Waals surface area contributed by atoms with Crippen LogP contribution in [0.2, 0.25) is 0 Å². The van der Waals surface area contributed by atoms with Gasteiger partial charge in [-0.15, -0.1) is 0 Å². The summed E-state index contributed by atoms with van der Waals surface area (Å²) in [5, 5.41) is 3.43. The molecule has 5 atom stereocenters. The zero-order chi connectivity index (χ0) is 30.5. The van der Waals surface area contributed by atoms with Gasteiger partial charge in [0.05, 0.1) is 24.7 Å². The number of hydrogen-bond acceptors (Lipinski definition) is 7. The van der Waals surface area contributed by atoms with Crippen molar-refractivity contribution in [1.29, 1.82) is 0 Å². The fourth-order valence-electron chi connectivity index (χ4n) is 8.00. The van der Waals surface area contributed by atoms with Crippen LogP contribution in [0.25, 0.3) is 16.7 Å². The Bertz CT molecular complexity index is 1640. The Morgan fingerprint density at radius 1 is 1.20 bits per heavy atom. The SMILES string of the molecule is CO[C@@H]1C2CCCC[C@@H](n3cnc(C(=O)N4CCNC[C@H]4CCOc4ccc5oc(C6CC6)nc5c4F)c3C3=CC=CCC3)[C@@H]21. The minimum Gasteiger partial charge on any atom is -0.490 e. The second-order valence-corrected chi connectivity index (χ2v) is 13.3. The number of amides is 1. The number of ether oxygens (including phenoxy) is 2. The van der Waals surface area contributed by atoms with Crippen LogP contribution in [0.4, 0.5) is 4.39 Å². The number of nitrogens with zero attached hydrogens (tertiary/aromatic N) is 4. The van der Waals surface area contributed by atoms with Crippen LogP contribution >= 0.6 is 0 Å². The van der Waals surface area contributed by atoms with Crippen molar-refractivity contribution in [3.05, 3.63) is 59.8 Å². The summed E-state index contributed by atoms with van der Waals surface area (Å²) in [7, 11) is 1.83. The largest absolute Gasteiger partial charge is 0.490 e. The van der Waals surface area contributed by atoms with Gasteiger partial charge >= 0.3 is 0 Å². The van der Waals surface area contributed by atoms with Gasteiger partial charge in [-0.3, -0.25) is 4.79 Å². The molecule has 1 amide bonds. The predicted octanol–water partition coefficient (Wildman–Crippen LogP) is 6.03. The molecule has 1 unspecified atom stereocenters. The number of aromatic nitrogens is 3. The molecule has 4 aliphatic carbocycles. The Kier molecular flexibility index (Phi) is 7.73. The fraction of sp³-hybridized carbons (Fsp3) is 0.571. The molecule has 1 aliphatic heterocycles. The van der Waals surface area contributed by atoms with Crippen LogP contribution in [0.3, 0.4) is 0 Å². The lowest BCUT2D eigenvalue weighted by Gasteiger charge is -2.36. The molecule has 9 nitrogen and oxygen atoms in total. The molecular formula is C35H42FN5O4. The molecular weight excluding hydrogens is 573 g/mol. The van der Waals surface area contributed by atoms with Gasteiger partial charge in [0.1, 0.15) is 5.52 Å². The Labute approximate surface area is 262 Å². The minimum absolute atomic E-state index is 0.0437. The van der Waals surface area contributed by atoms with Crippen LogP contribution in [-0.4, -0.2) is 70.8 Å². The molecule has 238 valence electrons. The van der Waals surface area contributed by atoms with Crippen molar-refractivity contribution < 1.29 is 23.1 Å². The summed E-state index contributed by atoms with van der Waals surface area (Å²) in [5.41, 5.74) is 3.36. The highest BCUT2D eigenvalue weighted by atomic mass is 19.1. The predicted molar refractivity (Wildman–Crippen MR) is 168 cm³/mol.